The molecular weight excluding hydrogens is 244 g/mol. The van der Waals surface area contributed by atoms with Gasteiger partial charge in [-0.05, 0) is 18.4 Å². The second-order valence-corrected chi connectivity index (χ2v) is 5.38. The van der Waals surface area contributed by atoms with E-state index in [1.165, 1.54) is 5.56 Å². The molecule has 0 radical (unpaired) electrons. The number of hydrogen-bond acceptors (Lipinski definition) is 3. The van der Waals surface area contributed by atoms with E-state index >= 15 is 0 Å². The van der Waals surface area contributed by atoms with Crippen molar-refractivity contribution in [3.8, 4) is 0 Å². The van der Waals surface area contributed by atoms with Crippen molar-refractivity contribution in [2.45, 2.75) is 18.9 Å². The van der Waals surface area contributed by atoms with Crippen LogP contribution in [0.15, 0.2) is 35.3 Å². The molecule has 98 valence electrons. The molecule has 1 N–H and O–H groups in total. The second-order valence-electron chi connectivity index (χ2n) is 4.38. The number of amidine groups is 1. The van der Waals surface area contributed by atoms with Gasteiger partial charge in [0.1, 0.15) is 0 Å². The van der Waals surface area contributed by atoms with Crippen LogP contribution < -0.4 is 5.32 Å². The first-order valence-corrected chi connectivity index (χ1v) is 7.33. The van der Waals surface area contributed by atoms with Crippen molar-refractivity contribution in [3.63, 3.8) is 0 Å². The lowest BCUT2D eigenvalue weighted by Crippen LogP contribution is -2.29. The molecule has 1 saturated heterocycles. The standard InChI is InChI=1S/C14H20N2OS/c1-17-9-5-8-15-14-16-13(11-18-14)10-12-6-3-2-4-7-12/h2-4,6-7,13H,5,8-11H2,1H3,(H,15,16). The van der Waals surface area contributed by atoms with Crippen molar-refractivity contribution in [2.24, 2.45) is 4.99 Å². The molecule has 1 aromatic rings. The maximum atomic E-state index is 5.01. The average molecular weight is 264 g/mol. The smallest absolute Gasteiger partial charge is 0.156 e. The van der Waals surface area contributed by atoms with E-state index in [2.05, 4.69) is 40.6 Å². The summed E-state index contributed by atoms with van der Waals surface area (Å²) in [5.74, 6) is 1.11. The predicted molar refractivity (Wildman–Crippen MR) is 78.3 cm³/mol. The van der Waals surface area contributed by atoms with Crippen LogP contribution in [-0.2, 0) is 11.2 Å². The lowest BCUT2D eigenvalue weighted by atomic mass is 10.1. The van der Waals surface area contributed by atoms with Crippen LogP contribution in [0.2, 0.25) is 0 Å². The van der Waals surface area contributed by atoms with Gasteiger partial charge in [0.15, 0.2) is 5.17 Å². The summed E-state index contributed by atoms with van der Waals surface area (Å²) in [7, 11) is 1.73. The summed E-state index contributed by atoms with van der Waals surface area (Å²) < 4.78 is 5.01. The van der Waals surface area contributed by atoms with Gasteiger partial charge in [0.05, 0.1) is 0 Å². The first-order chi connectivity index (χ1) is 8.88. The normalized spacial score (nSPS) is 21.2. The van der Waals surface area contributed by atoms with E-state index in [0.29, 0.717) is 6.04 Å². The van der Waals surface area contributed by atoms with Crippen LogP contribution in [0.25, 0.3) is 0 Å². The molecule has 1 unspecified atom stereocenters. The highest BCUT2D eigenvalue weighted by Gasteiger charge is 2.19. The van der Waals surface area contributed by atoms with Crippen molar-refractivity contribution < 1.29 is 4.74 Å². The zero-order chi connectivity index (χ0) is 12.6. The Morgan fingerprint density at radius 3 is 3.00 bits per heavy atom. The van der Waals surface area contributed by atoms with Crippen LogP contribution in [0.3, 0.4) is 0 Å². The average Bonchev–Trinajstić information content (AvgIpc) is 2.84. The highest BCUT2D eigenvalue weighted by molar-refractivity contribution is 8.14. The third-order valence-corrected chi connectivity index (χ3v) is 3.93. The molecule has 0 spiro atoms. The number of hydrogen-bond donors (Lipinski definition) is 1. The Morgan fingerprint density at radius 2 is 2.22 bits per heavy atom. The van der Waals surface area contributed by atoms with Crippen LogP contribution in [0.1, 0.15) is 12.0 Å². The minimum absolute atomic E-state index is 0.513. The maximum absolute atomic E-state index is 5.01. The summed E-state index contributed by atoms with van der Waals surface area (Å²) in [6.07, 6.45) is 2.07. The fraction of sp³-hybridized carbons (Fsp3) is 0.500. The van der Waals surface area contributed by atoms with Crippen molar-refractivity contribution in [1.82, 2.24) is 5.32 Å². The first kappa shape index (κ1) is 13.4. The number of rotatable bonds is 6. The van der Waals surface area contributed by atoms with Gasteiger partial charge in [-0.2, -0.15) is 0 Å². The maximum Gasteiger partial charge on any atom is 0.156 e. The Balaban J connectivity index is 1.75. The van der Waals surface area contributed by atoms with E-state index in [9.17, 15) is 0 Å². The Hall–Kier alpha value is -1.00. The lowest BCUT2D eigenvalue weighted by molar-refractivity contribution is 0.197. The van der Waals surface area contributed by atoms with Gasteiger partial charge in [-0.3, -0.25) is 4.99 Å². The fourth-order valence-electron chi connectivity index (χ4n) is 1.93. The Morgan fingerprint density at radius 1 is 1.39 bits per heavy atom. The summed E-state index contributed by atoms with van der Waals surface area (Å²) in [6.45, 7) is 1.64. The molecule has 1 aromatic carbocycles. The summed E-state index contributed by atoms with van der Waals surface area (Å²) in [6, 6.07) is 11.1. The van der Waals surface area contributed by atoms with Gasteiger partial charge >= 0.3 is 0 Å². The fourth-order valence-corrected chi connectivity index (χ4v) is 2.92. The molecule has 1 atom stereocenters. The van der Waals surface area contributed by atoms with Crippen LogP contribution in [-0.4, -0.2) is 37.2 Å². The van der Waals surface area contributed by atoms with Crippen LogP contribution in [0.5, 0.6) is 0 Å². The molecule has 1 aliphatic rings. The highest BCUT2D eigenvalue weighted by Crippen LogP contribution is 2.17. The first-order valence-electron chi connectivity index (χ1n) is 6.35. The number of ether oxygens (including phenoxy) is 1. The van der Waals surface area contributed by atoms with E-state index in [4.69, 9.17) is 4.74 Å². The van der Waals surface area contributed by atoms with E-state index in [-0.39, 0.29) is 0 Å². The zero-order valence-corrected chi connectivity index (χ0v) is 11.6. The minimum atomic E-state index is 0.513. The summed E-state index contributed by atoms with van der Waals surface area (Å²) >= 11 is 1.83. The van der Waals surface area contributed by atoms with E-state index < -0.39 is 0 Å². The highest BCUT2D eigenvalue weighted by atomic mass is 32.2. The molecule has 0 amide bonds. The summed E-state index contributed by atoms with van der Waals surface area (Å²) in [5, 5.41) is 4.58. The monoisotopic (exact) mass is 264 g/mol. The molecule has 1 aliphatic heterocycles. The number of nitrogens with zero attached hydrogens (tertiary/aromatic N) is 1. The van der Waals surface area contributed by atoms with E-state index in [1.54, 1.807) is 7.11 Å². The molecule has 4 heteroatoms. The second kappa shape index (κ2) is 7.44. The third kappa shape index (κ3) is 4.35. The largest absolute Gasteiger partial charge is 0.385 e. The molecule has 0 aromatic heterocycles. The van der Waals surface area contributed by atoms with Gasteiger partial charge in [0.2, 0.25) is 0 Å². The van der Waals surface area contributed by atoms with Crippen molar-refractivity contribution in [1.29, 1.82) is 0 Å². The molecule has 0 aliphatic carbocycles. The molecular formula is C14H20N2OS. The van der Waals surface area contributed by atoms with Crippen molar-refractivity contribution in [3.05, 3.63) is 35.9 Å². The molecule has 3 nitrogen and oxygen atoms in total. The van der Waals surface area contributed by atoms with Crippen LogP contribution >= 0.6 is 11.8 Å². The topological polar surface area (TPSA) is 33.6 Å². The zero-order valence-electron chi connectivity index (χ0n) is 10.8. The minimum Gasteiger partial charge on any atom is -0.385 e. The van der Waals surface area contributed by atoms with Crippen molar-refractivity contribution in [2.75, 3.05) is 26.0 Å². The van der Waals surface area contributed by atoms with Gasteiger partial charge in [-0.1, -0.05) is 42.1 Å². The molecule has 2 rings (SSSR count). The van der Waals surface area contributed by atoms with E-state index in [1.807, 2.05) is 11.8 Å². The Labute approximate surface area is 113 Å². The van der Waals surface area contributed by atoms with E-state index in [0.717, 1.165) is 36.9 Å². The van der Waals surface area contributed by atoms with Gasteiger partial charge in [0, 0.05) is 32.1 Å². The van der Waals surface area contributed by atoms with Gasteiger partial charge < -0.3 is 10.1 Å². The Kier molecular flexibility index (Phi) is 5.55. The summed E-state index contributed by atoms with van der Waals surface area (Å²) in [4.78, 5) is 4.54. The number of nitrogens with one attached hydrogen (secondary N) is 1. The van der Waals surface area contributed by atoms with Gasteiger partial charge in [-0.15, -0.1) is 0 Å². The quantitative estimate of drug-likeness (QED) is 0.801. The van der Waals surface area contributed by atoms with Crippen molar-refractivity contribution >= 4 is 16.9 Å². The number of aliphatic imine (C=N–C) groups is 1. The van der Waals surface area contributed by atoms with Gasteiger partial charge in [-0.25, -0.2) is 0 Å². The van der Waals surface area contributed by atoms with Crippen LogP contribution in [0.4, 0.5) is 0 Å². The lowest BCUT2D eigenvalue weighted by Gasteiger charge is -2.09. The third-order valence-electron chi connectivity index (χ3n) is 2.84. The number of benzene rings is 1. The molecule has 1 heterocycles. The molecule has 1 fully saturated rings. The summed E-state index contributed by atoms with van der Waals surface area (Å²) in [5.41, 5.74) is 1.39. The predicted octanol–water partition coefficient (Wildman–Crippen LogP) is 2.33. The number of thioether (sulfide) groups is 1. The number of methoxy groups -OCH3 is 1. The van der Waals surface area contributed by atoms with Gasteiger partial charge in [0.25, 0.3) is 0 Å². The van der Waals surface area contributed by atoms with Crippen LogP contribution in [0, 0.1) is 0 Å². The SMILES string of the molecule is COCCCN=C1NC(Cc2ccccc2)CS1. The molecule has 0 bridgehead atoms. The Bertz CT molecular complexity index is 381. The molecule has 18 heavy (non-hydrogen) atoms. The molecule has 0 saturated carbocycles.